The van der Waals surface area contributed by atoms with Crippen LogP contribution < -0.4 is 0 Å². The summed E-state index contributed by atoms with van der Waals surface area (Å²) in [5.41, 5.74) is 0. The van der Waals surface area contributed by atoms with Crippen LogP contribution >= 0.6 is 0 Å². The minimum Gasteiger partial charge on any atom is -0.396 e. The lowest BCUT2D eigenvalue weighted by Crippen LogP contribution is -1.92. The number of hydrogen-bond acceptors (Lipinski definition) is 1. The second-order valence-electron chi connectivity index (χ2n) is 2.33. The molecule has 0 amide bonds. The molecule has 0 aliphatic heterocycles. The van der Waals surface area contributed by atoms with Gasteiger partial charge in [-0.3, -0.25) is 0 Å². The Morgan fingerprint density at radius 1 is 1.56 bits per heavy atom. The molecule has 0 radical (unpaired) electrons. The van der Waals surface area contributed by atoms with Crippen molar-refractivity contribution in [3.63, 3.8) is 0 Å². The average Bonchev–Trinajstić information content (AvgIpc) is 1.85. The van der Waals surface area contributed by atoms with Gasteiger partial charge < -0.3 is 5.11 Å². The van der Waals surface area contributed by atoms with Gasteiger partial charge in [0.15, 0.2) is 0 Å². The minimum absolute atomic E-state index is 0.301. The third-order valence-electron chi connectivity index (χ3n) is 1.28. The summed E-state index contributed by atoms with van der Waals surface area (Å²) in [7, 11) is 0. The van der Waals surface area contributed by atoms with Crippen LogP contribution in [0.4, 0.5) is 0 Å². The summed E-state index contributed by atoms with van der Waals surface area (Å²) in [5.74, 6) is 0.537. The summed E-state index contributed by atoms with van der Waals surface area (Å²) in [6.07, 6.45) is 6.27. The third-order valence-corrected chi connectivity index (χ3v) is 1.28. The summed E-state index contributed by atoms with van der Waals surface area (Å²) in [6, 6.07) is 0. The highest BCUT2D eigenvalue weighted by Crippen LogP contribution is 2.02. The Kier molecular flexibility index (Phi) is 5.64. The van der Waals surface area contributed by atoms with E-state index in [2.05, 4.69) is 26.0 Å². The van der Waals surface area contributed by atoms with Gasteiger partial charge in [0, 0.05) is 6.61 Å². The molecular weight excluding hydrogens is 112 g/mol. The largest absolute Gasteiger partial charge is 0.396 e. The van der Waals surface area contributed by atoms with Gasteiger partial charge in [-0.25, -0.2) is 0 Å². The zero-order chi connectivity index (χ0) is 7.11. The van der Waals surface area contributed by atoms with E-state index in [0.717, 1.165) is 12.8 Å². The van der Waals surface area contributed by atoms with Crippen molar-refractivity contribution in [2.75, 3.05) is 6.61 Å². The van der Waals surface area contributed by atoms with Crippen molar-refractivity contribution in [1.29, 1.82) is 0 Å². The van der Waals surface area contributed by atoms with Crippen LogP contribution in [0.3, 0.4) is 0 Å². The Hall–Kier alpha value is -0.300. The van der Waals surface area contributed by atoms with Crippen LogP contribution in [0.25, 0.3) is 0 Å². The fraction of sp³-hybridized carbons (Fsp3) is 0.750. The third kappa shape index (κ3) is 5.57. The Labute approximate surface area is 57.4 Å². The normalized spacial score (nSPS) is 14.6. The van der Waals surface area contributed by atoms with E-state index in [1.165, 1.54) is 0 Å². The number of hydrogen-bond donors (Lipinski definition) is 1. The maximum Gasteiger partial charge on any atom is 0.0436 e. The molecule has 0 fully saturated rings. The van der Waals surface area contributed by atoms with Crippen LogP contribution in [0.2, 0.25) is 0 Å². The molecule has 0 heterocycles. The Balaban J connectivity index is 3.25. The van der Waals surface area contributed by atoms with Gasteiger partial charge >= 0.3 is 0 Å². The monoisotopic (exact) mass is 128 g/mol. The second kappa shape index (κ2) is 5.83. The van der Waals surface area contributed by atoms with Crippen molar-refractivity contribution in [3.05, 3.63) is 12.2 Å². The molecule has 1 atom stereocenters. The van der Waals surface area contributed by atoms with E-state index in [1.807, 2.05) is 0 Å². The summed E-state index contributed by atoms with van der Waals surface area (Å²) in [4.78, 5) is 0. The highest BCUT2D eigenvalue weighted by molar-refractivity contribution is 4.84. The van der Waals surface area contributed by atoms with Gasteiger partial charge in [0.2, 0.25) is 0 Å². The first-order valence-corrected chi connectivity index (χ1v) is 3.58. The van der Waals surface area contributed by atoms with E-state index in [4.69, 9.17) is 5.11 Å². The van der Waals surface area contributed by atoms with Crippen molar-refractivity contribution in [2.45, 2.75) is 26.7 Å². The fourth-order valence-corrected chi connectivity index (χ4v) is 0.668. The molecule has 0 aromatic heterocycles. The zero-order valence-corrected chi connectivity index (χ0v) is 6.30. The van der Waals surface area contributed by atoms with E-state index in [-0.39, 0.29) is 0 Å². The smallest absolute Gasteiger partial charge is 0.0436 e. The number of aliphatic hydroxyl groups is 1. The quantitative estimate of drug-likeness (QED) is 0.574. The van der Waals surface area contributed by atoms with Gasteiger partial charge in [-0.1, -0.05) is 26.0 Å². The molecule has 0 saturated carbocycles. The summed E-state index contributed by atoms with van der Waals surface area (Å²) in [5, 5.41) is 8.50. The summed E-state index contributed by atoms with van der Waals surface area (Å²) < 4.78 is 0. The summed E-state index contributed by atoms with van der Waals surface area (Å²) in [6.45, 7) is 4.53. The van der Waals surface area contributed by atoms with Crippen LogP contribution in [-0.2, 0) is 0 Å². The standard InChI is InChI=1S/C8H16O/c1-3-4-5-8(2)6-7-9/h4-5,8-9H,3,6-7H2,1-2H3/b5-4-/t8-/m1/s1. The molecule has 0 saturated heterocycles. The first-order chi connectivity index (χ1) is 4.31. The SMILES string of the molecule is CC/C=C\[C@@H](C)CCO. The van der Waals surface area contributed by atoms with Gasteiger partial charge in [-0.05, 0) is 18.8 Å². The topological polar surface area (TPSA) is 20.2 Å². The van der Waals surface area contributed by atoms with Gasteiger partial charge in [0.05, 0.1) is 0 Å². The molecular formula is C8H16O. The minimum atomic E-state index is 0.301. The molecule has 1 N–H and O–H groups in total. The van der Waals surface area contributed by atoms with E-state index < -0.39 is 0 Å². The van der Waals surface area contributed by atoms with Gasteiger partial charge in [0.1, 0.15) is 0 Å². The Morgan fingerprint density at radius 2 is 2.22 bits per heavy atom. The molecule has 54 valence electrons. The average molecular weight is 128 g/mol. The number of allylic oxidation sites excluding steroid dienone is 2. The zero-order valence-electron chi connectivity index (χ0n) is 6.30. The van der Waals surface area contributed by atoms with E-state index in [9.17, 15) is 0 Å². The molecule has 0 aromatic carbocycles. The lowest BCUT2D eigenvalue weighted by atomic mass is 10.1. The van der Waals surface area contributed by atoms with Crippen LogP contribution in [0.15, 0.2) is 12.2 Å². The molecule has 1 nitrogen and oxygen atoms in total. The van der Waals surface area contributed by atoms with Crippen LogP contribution in [0.5, 0.6) is 0 Å². The highest BCUT2D eigenvalue weighted by Gasteiger charge is 1.92. The molecule has 0 aliphatic carbocycles. The van der Waals surface area contributed by atoms with Crippen molar-refractivity contribution in [1.82, 2.24) is 0 Å². The molecule has 0 aromatic rings. The van der Waals surface area contributed by atoms with Crippen LogP contribution in [0.1, 0.15) is 26.7 Å². The van der Waals surface area contributed by atoms with E-state index in [0.29, 0.717) is 12.5 Å². The first kappa shape index (κ1) is 8.70. The maximum absolute atomic E-state index is 8.50. The molecule has 1 heteroatoms. The van der Waals surface area contributed by atoms with Crippen molar-refractivity contribution < 1.29 is 5.11 Å². The molecule has 0 aliphatic rings. The lowest BCUT2D eigenvalue weighted by Gasteiger charge is -2.00. The Bertz CT molecular complexity index is 76.6. The predicted molar refractivity (Wildman–Crippen MR) is 40.3 cm³/mol. The Morgan fingerprint density at radius 3 is 2.67 bits per heavy atom. The predicted octanol–water partition coefficient (Wildman–Crippen LogP) is 1.97. The maximum atomic E-state index is 8.50. The van der Waals surface area contributed by atoms with Gasteiger partial charge in [0.25, 0.3) is 0 Å². The first-order valence-electron chi connectivity index (χ1n) is 3.58. The van der Waals surface area contributed by atoms with Gasteiger partial charge in [-0.15, -0.1) is 0 Å². The molecule has 0 bridgehead atoms. The van der Waals surface area contributed by atoms with Gasteiger partial charge in [-0.2, -0.15) is 0 Å². The summed E-state index contributed by atoms with van der Waals surface area (Å²) >= 11 is 0. The van der Waals surface area contributed by atoms with Crippen molar-refractivity contribution >= 4 is 0 Å². The van der Waals surface area contributed by atoms with Crippen LogP contribution in [0, 0.1) is 5.92 Å². The van der Waals surface area contributed by atoms with E-state index in [1.54, 1.807) is 0 Å². The number of aliphatic hydroxyl groups excluding tert-OH is 1. The van der Waals surface area contributed by atoms with Crippen LogP contribution in [-0.4, -0.2) is 11.7 Å². The van der Waals surface area contributed by atoms with Crippen molar-refractivity contribution in [3.8, 4) is 0 Å². The lowest BCUT2D eigenvalue weighted by molar-refractivity contribution is 0.274. The highest BCUT2D eigenvalue weighted by atomic mass is 16.2. The number of rotatable bonds is 4. The molecule has 0 spiro atoms. The second-order valence-corrected chi connectivity index (χ2v) is 2.33. The molecule has 0 rings (SSSR count). The van der Waals surface area contributed by atoms with E-state index >= 15 is 0 Å². The molecule has 0 unspecified atom stereocenters. The fourth-order valence-electron chi connectivity index (χ4n) is 0.668. The van der Waals surface area contributed by atoms with Crippen molar-refractivity contribution in [2.24, 2.45) is 5.92 Å². The molecule has 9 heavy (non-hydrogen) atoms.